The van der Waals surface area contributed by atoms with Crippen LogP contribution < -0.4 is 0 Å². The highest BCUT2D eigenvalue weighted by molar-refractivity contribution is 4.94. The standard InChI is InChI=1S/C8H12F2O2/c9-7(10)4-8(11,5-7)12-6-2-1-3-6/h6,11H,1-5H2. The van der Waals surface area contributed by atoms with E-state index in [4.69, 9.17) is 4.74 Å². The molecule has 0 heterocycles. The monoisotopic (exact) mass is 178 g/mol. The Balaban J connectivity index is 1.80. The number of hydrogen-bond acceptors (Lipinski definition) is 2. The molecule has 2 saturated carbocycles. The molecule has 2 aliphatic rings. The topological polar surface area (TPSA) is 29.5 Å². The minimum absolute atomic E-state index is 0.0195. The molecule has 2 aliphatic carbocycles. The van der Waals surface area contributed by atoms with E-state index in [2.05, 4.69) is 0 Å². The average molecular weight is 178 g/mol. The van der Waals surface area contributed by atoms with Gasteiger partial charge in [0, 0.05) is 0 Å². The number of ether oxygens (including phenoxy) is 1. The first-order chi connectivity index (χ1) is 5.49. The summed E-state index contributed by atoms with van der Waals surface area (Å²) in [7, 11) is 0. The maximum absolute atomic E-state index is 12.4. The van der Waals surface area contributed by atoms with Gasteiger partial charge < -0.3 is 9.84 Å². The van der Waals surface area contributed by atoms with Crippen molar-refractivity contribution in [2.75, 3.05) is 0 Å². The zero-order valence-electron chi connectivity index (χ0n) is 6.72. The fourth-order valence-electron chi connectivity index (χ4n) is 1.64. The molecule has 0 saturated heterocycles. The van der Waals surface area contributed by atoms with Gasteiger partial charge in [0.15, 0.2) is 5.79 Å². The average Bonchev–Trinajstić information content (AvgIpc) is 1.74. The van der Waals surface area contributed by atoms with Crippen LogP contribution in [-0.4, -0.2) is 22.9 Å². The SMILES string of the molecule is OC1(OC2CCC2)CC(F)(F)C1. The van der Waals surface area contributed by atoms with E-state index >= 15 is 0 Å². The first kappa shape index (κ1) is 8.38. The molecule has 70 valence electrons. The second-order valence-corrected chi connectivity index (χ2v) is 3.83. The van der Waals surface area contributed by atoms with E-state index in [1.807, 2.05) is 0 Å². The summed E-state index contributed by atoms with van der Waals surface area (Å²) in [6.07, 6.45) is 1.83. The molecule has 0 atom stereocenters. The lowest BCUT2D eigenvalue weighted by molar-refractivity contribution is -0.346. The van der Waals surface area contributed by atoms with Gasteiger partial charge in [-0.3, -0.25) is 0 Å². The molecule has 0 amide bonds. The molecule has 0 bridgehead atoms. The lowest BCUT2D eigenvalue weighted by Crippen LogP contribution is -2.55. The molecule has 0 aromatic rings. The lowest BCUT2D eigenvalue weighted by Gasteiger charge is -2.46. The van der Waals surface area contributed by atoms with Crippen LogP contribution in [0.1, 0.15) is 32.1 Å². The molecule has 0 spiro atoms. The maximum Gasteiger partial charge on any atom is 0.258 e. The smallest absolute Gasteiger partial charge is 0.258 e. The van der Waals surface area contributed by atoms with Crippen molar-refractivity contribution in [2.45, 2.75) is 49.9 Å². The van der Waals surface area contributed by atoms with Gasteiger partial charge in [0.25, 0.3) is 5.92 Å². The first-order valence-electron chi connectivity index (χ1n) is 4.27. The van der Waals surface area contributed by atoms with Gasteiger partial charge in [0.1, 0.15) is 0 Å². The van der Waals surface area contributed by atoms with Crippen molar-refractivity contribution in [2.24, 2.45) is 0 Å². The van der Waals surface area contributed by atoms with Gasteiger partial charge in [0.2, 0.25) is 0 Å². The van der Waals surface area contributed by atoms with E-state index in [1.165, 1.54) is 0 Å². The van der Waals surface area contributed by atoms with Crippen LogP contribution in [-0.2, 0) is 4.74 Å². The maximum atomic E-state index is 12.4. The van der Waals surface area contributed by atoms with Crippen LogP contribution >= 0.6 is 0 Å². The van der Waals surface area contributed by atoms with E-state index < -0.39 is 24.6 Å². The summed E-state index contributed by atoms with van der Waals surface area (Å²) in [4.78, 5) is 0. The van der Waals surface area contributed by atoms with Crippen molar-refractivity contribution in [3.63, 3.8) is 0 Å². The molecule has 0 unspecified atom stereocenters. The Labute approximate surface area is 69.5 Å². The molecular formula is C8H12F2O2. The summed E-state index contributed by atoms with van der Waals surface area (Å²) in [5.74, 6) is -4.23. The van der Waals surface area contributed by atoms with Crippen molar-refractivity contribution in [3.8, 4) is 0 Å². The van der Waals surface area contributed by atoms with E-state index in [0.29, 0.717) is 0 Å². The van der Waals surface area contributed by atoms with E-state index in [1.54, 1.807) is 0 Å². The minimum Gasteiger partial charge on any atom is -0.365 e. The molecule has 2 fully saturated rings. The van der Waals surface area contributed by atoms with Crippen molar-refractivity contribution in [1.29, 1.82) is 0 Å². The third-order valence-electron chi connectivity index (χ3n) is 2.51. The number of hydrogen-bond donors (Lipinski definition) is 1. The van der Waals surface area contributed by atoms with Crippen LogP contribution in [0.5, 0.6) is 0 Å². The number of rotatable bonds is 2. The Morgan fingerprint density at radius 1 is 1.25 bits per heavy atom. The Bertz CT molecular complexity index is 181. The molecule has 2 nitrogen and oxygen atoms in total. The number of alkyl halides is 2. The third kappa shape index (κ3) is 1.45. The molecule has 0 aliphatic heterocycles. The van der Waals surface area contributed by atoms with Crippen molar-refractivity contribution < 1.29 is 18.6 Å². The summed E-state index contributed by atoms with van der Waals surface area (Å²) >= 11 is 0. The first-order valence-corrected chi connectivity index (χ1v) is 4.27. The highest BCUT2D eigenvalue weighted by Gasteiger charge is 2.58. The molecule has 0 radical (unpaired) electrons. The van der Waals surface area contributed by atoms with Crippen LogP contribution in [0.15, 0.2) is 0 Å². The van der Waals surface area contributed by atoms with Gasteiger partial charge in [0.05, 0.1) is 18.9 Å². The molecule has 1 N–H and O–H groups in total. The number of aliphatic hydroxyl groups is 1. The zero-order chi connectivity index (χ0) is 8.82. The Morgan fingerprint density at radius 3 is 2.17 bits per heavy atom. The van der Waals surface area contributed by atoms with Gasteiger partial charge in [-0.2, -0.15) is 0 Å². The lowest BCUT2D eigenvalue weighted by atomic mass is 9.85. The summed E-state index contributed by atoms with van der Waals surface area (Å²) in [6, 6.07) is 0. The second kappa shape index (κ2) is 2.39. The quantitative estimate of drug-likeness (QED) is 0.652. The summed E-state index contributed by atoms with van der Waals surface area (Å²) < 4.78 is 29.9. The molecule has 4 heteroatoms. The van der Waals surface area contributed by atoms with Crippen molar-refractivity contribution in [1.82, 2.24) is 0 Å². The predicted molar refractivity (Wildman–Crippen MR) is 37.9 cm³/mol. The van der Waals surface area contributed by atoms with Crippen molar-refractivity contribution in [3.05, 3.63) is 0 Å². The Kier molecular flexibility index (Phi) is 1.67. The van der Waals surface area contributed by atoms with Crippen LogP contribution in [0.3, 0.4) is 0 Å². The fraction of sp³-hybridized carbons (Fsp3) is 1.00. The third-order valence-corrected chi connectivity index (χ3v) is 2.51. The highest BCUT2D eigenvalue weighted by Crippen LogP contribution is 2.47. The van der Waals surface area contributed by atoms with E-state index in [9.17, 15) is 13.9 Å². The summed E-state index contributed by atoms with van der Waals surface area (Å²) in [6.45, 7) is 0. The van der Waals surface area contributed by atoms with Gasteiger partial charge >= 0.3 is 0 Å². The summed E-state index contributed by atoms with van der Waals surface area (Å²) in [5.41, 5.74) is 0. The zero-order valence-corrected chi connectivity index (χ0v) is 6.72. The van der Waals surface area contributed by atoms with Gasteiger partial charge in [-0.15, -0.1) is 0 Å². The normalized spacial score (nSPS) is 32.2. The largest absolute Gasteiger partial charge is 0.365 e. The molecule has 2 rings (SSSR count). The Hall–Kier alpha value is -0.220. The van der Waals surface area contributed by atoms with Gasteiger partial charge in [-0.25, -0.2) is 8.78 Å². The molecule has 0 aromatic heterocycles. The van der Waals surface area contributed by atoms with Gasteiger partial charge in [-0.05, 0) is 19.3 Å². The summed E-state index contributed by atoms with van der Waals surface area (Å²) in [5, 5.41) is 9.38. The van der Waals surface area contributed by atoms with Crippen LogP contribution in [0, 0.1) is 0 Å². The number of halogens is 2. The molecule has 0 aromatic carbocycles. The molecule has 12 heavy (non-hydrogen) atoms. The van der Waals surface area contributed by atoms with Crippen LogP contribution in [0.25, 0.3) is 0 Å². The fourth-order valence-corrected chi connectivity index (χ4v) is 1.64. The minimum atomic E-state index is -2.71. The van der Waals surface area contributed by atoms with Crippen LogP contribution in [0.2, 0.25) is 0 Å². The van der Waals surface area contributed by atoms with Crippen molar-refractivity contribution >= 4 is 0 Å². The molecular weight excluding hydrogens is 166 g/mol. The van der Waals surface area contributed by atoms with E-state index in [0.717, 1.165) is 19.3 Å². The Morgan fingerprint density at radius 2 is 1.83 bits per heavy atom. The van der Waals surface area contributed by atoms with Gasteiger partial charge in [-0.1, -0.05) is 0 Å². The highest BCUT2D eigenvalue weighted by atomic mass is 19.3. The predicted octanol–water partition coefficient (Wildman–Crippen LogP) is 1.67. The van der Waals surface area contributed by atoms with E-state index in [-0.39, 0.29) is 6.10 Å². The second-order valence-electron chi connectivity index (χ2n) is 3.83. The van der Waals surface area contributed by atoms with Crippen LogP contribution in [0.4, 0.5) is 8.78 Å².